The molecule has 0 amide bonds. The summed E-state index contributed by atoms with van der Waals surface area (Å²) in [5, 5.41) is 3.37. The zero-order chi connectivity index (χ0) is 13.4. The minimum atomic E-state index is 0. The Hall–Kier alpha value is 2.47. The third-order valence-electron chi connectivity index (χ3n) is 2.28. The van der Waals surface area contributed by atoms with E-state index in [2.05, 4.69) is 25.7 Å². The van der Waals surface area contributed by atoms with Crippen molar-refractivity contribution in [1.29, 1.82) is 0 Å². The quantitative estimate of drug-likeness (QED) is 0.191. The van der Waals surface area contributed by atoms with Crippen LogP contribution in [0.25, 0.3) is 0 Å². The van der Waals surface area contributed by atoms with Gasteiger partial charge in [-0.05, 0) is 25.9 Å². The van der Waals surface area contributed by atoms with Gasteiger partial charge in [-0.25, -0.2) is 12.5 Å². The predicted molar refractivity (Wildman–Crippen MR) is 87.3 cm³/mol. The fraction of sp³-hybridized carbons (Fsp3) is 0.588. The molecule has 0 aliphatic carbocycles. The van der Waals surface area contributed by atoms with Crippen molar-refractivity contribution in [3.63, 3.8) is 0 Å². The summed E-state index contributed by atoms with van der Waals surface area (Å²) in [5.41, 5.74) is 1.21. The maximum absolute atomic E-state index is 3.80. The first-order chi connectivity index (χ1) is 8.22. The number of nitrogens with one attached hydrogen (secondary N) is 1. The third kappa shape index (κ3) is 45.0. The molecule has 0 saturated carbocycles. The summed E-state index contributed by atoms with van der Waals surface area (Å²) in [5.74, 6) is 0. The SMILES string of the molecule is C=C/C(C)=C/[CH-]C.[CH2-]CCCCCNCCC.[CH3-].[U+2].[U].[U]. The molecule has 1 N–H and O–H groups in total. The van der Waals surface area contributed by atoms with E-state index in [0.29, 0.717) is 0 Å². The molecule has 0 aromatic rings. The summed E-state index contributed by atoms with van der Waals surface area (Å²) < 4.78 is 0. The van der Waals surface area contributed by atoms with Crippen molar-refractivity contribution in [2.75, 3.05) is 13.1 Å². The van der Waals surface area contributed by atoms with Gasteiger partial charge in [-0.1, -0.05) is 19.8 Å². The van der Waals surface area contributed by atoms with E-state index in [9.17, 15) is 0 Å². The fourth-order valence-corrected chi connectivity index (χ4v) is 1.24. The monoisotopic (exact) mass is 966 g/mol. The number of hydrogen-bond donors (Lipinski definition) is 1. The van der Waals surface area contributed by atoms with E-state index in [1.54, 1.807) is 0 Å². The van der Waals surface area contributed by atoms with Gasteiger partial charge in [0.1, 0.15) is 0 Å². The standard InChI is InChI=1S/C9H20N.C7H11.CH3.3U/c1-3-5-6-7-9-10-8-4-2;1-4-6-7(3)5-2;;;;/h10H,1,3-9H2,2H3;4-6H,2H2,1,3H3;1H3;;;/q3*-1;;;+2/b;7-6+;;;;. The molecular formula is C17H34NU3-. The Morgan fingerprint density at radius 3 is 2.10 bits per heavy atom. The molecule has 1 nitrogen and oxygen atoms in total. The van der Waals surface area contributed by atoms with Crippen LogP contribution in [-0.4, -0.2) is 13.1 Å². The third-order valence-corrected chi connectivity index (χ3v) is 2.28. The molecule has 4 heteroatoms. The van der Waals surface area contributed by atoms with Crippen molar-refractivity contribution < 1.29 is 93.3 Å². The van der Waals surface area contributed by atoms with Gasteiger partial charge in [-0.3, -0.25) is 0 Å². The van der Waals surface area contributed by atoms with Crippen LogP contribution in [-0.2, 0) is 0 Å². The molecule has 120 valence electrons. The van der Waals surface area contributed by atoms with Crippen molar-refractivity contribution in [1.82, 2.24) is 5.32 Å². The van der Waals surface area contributed by atoms with Crippen LogP contribution < -0.4 is 5.32 Å². The van der Waals surface area contributed by atoms with Gasteiger partial charge in [0.2, 0.25) is 0 Å². The topological polar surface area (TPSA) is 12.0 Å². The minimum Gasteiger partial charge on any atom is -0.358 e. The molecule has 0 saturated heterocycles. The molecule has 0 atom stereocenters. The van der Waals surface area contributed by atoms with Gasteiger partial charge in [0.25, 0.3) is 0 Å². The predicted octanol–water partition coefficient (Wildman–Crippen LogP) is 5.17. The molecule has 0 heterocycles. The maximum atomic E-state index is 3.80. The molecule has 0 spiro atoms. The molecule has 0 bridgehead atoms. The summed E-state index contributed by atoms with van der Waals surface area (Å²) in [4.78, 5) is 0. The van der Waals surface area contributed by atoms with Crippen LogP contribution >= 0.6 is 0 Å². The Bertz CT molecular complexity index is 175. The van der Waals surface area contributed by atoms with Crippen molar-refractivity contribution in [3.05, 3.63) is 45.1 Å². The summed E-state index contributed by atoms with van der Waals surface area (Å²) in [6.45, 7) is 16.0. The molecule has 0 rings (SSSR count). The van der Waals surface area contributed by atoms with Gasteiger partial charge in [-0.2, -0.15) is 12.0 Å². The van der Waals surface area contributed by atoms with Crippen molar-refractivity contribution in [3.8, 4) is 0 Å². The zero-order valence-corrected chi connectivity index (χ0v) is 27.1. The first-order valence-corrected chi connectivity index (χ1v) is 6.81. The van der Waals surface area contributed by atoms with E-state index >= 15 is 0 Å². The van der Waals surface area contributed by atoms with E-state index in [-0.39, 0.29) is 101 Å². The maximum Gasteiger partial charge on any atom is 2.00 e. The summed E-state index contributed by atoms with van der Waals surface area (Å²) in [6.07, 6.45) is 12.1. The minimum absolute atomic E-state index is 0. The largest absolute Gasteiger partial charge is 2.00 e. The molecule has 0 aliphatic rings. The first kappa shape index (κ1) is 38.8. The molecule has 0 unspecified atom stereocenters. The van der Waals surface area contributed by atoms with E-state index < -0.39 is 0 Å². The molecular weight excluding hydrogens is 932 g/mol. The Labute approximate surface area is 206 Å². The van der Waals surface area contributed by atoms with Gasteiger partial charge < -0.3 is 19.7 Å². The number of hydrogen-bond acceptors (Lipinski definition) is 1. The van der Waals surface area contributed by atoms with Gasteiger partial charge >= 0.3 is 31.1 Å². The summed E-state index contributed by atoms with van der Waals surface area (Å²) in [6, 6.07) is 0. The van der Waals surface area contributed by atoms with Gasteiger partial charge in [0.05, 0.1) is 0 Å². The van der Waals surface area contributed by atoms with E-state index in [1.165, 1.54) is 44.3 Å². The average molecular weight is 967 g/mol. The smallest absolute Gasteiger partial charge is 0.358 e. The van der Waals surface area contributed by atoms with Crippen LogP contribution in [0.3, 0.4) is 0 Å². The van der Waals surface area contributed by atoms with Crippen LogP contribution in [0.2, 0.25) is 0 Å². The summed E-state index contributed by atoms with van der Waals surface area (Å²) >= 11 is 0. The zero-order valence-electron chi connectivity index (χ0n) is 14.6. The molecule has 0 fully saturated rings. The van der Waals surface area contributed by atoms with Crippen LogP contribution in [0.15, 0.2) is 24.3 Å². The van der Waals surface area contributed by atoms with Crippen LogP contribution in [0, 0.1) is 114 Å². The van der Waals surface area contributed by atoms with Crippen molar-refractivity contribution in [2.24, 2.45) is 0 Å². The first-order valence-electron chi connectivity index (χ1n) is 6.81. The molecule has 0 radical (unpaired) electrons. The van der Waals surface area contributed by atoms with E-state index in [0.717, 1.165) is 6.42 Å². The second-order valence-electron chi connectivity index (χ2n) is 4.11. The normalized spacial score (nSPS) is 8.48. The number of allylic oxidation sites excluding steroid dienone is 3. The Morgan fingerprint density at radius 2 is 1.76 bits per heavy atom. The van der Waals surface area contributed by atoms with Crippen molar-refractivity contribution >= 4 is 0 Å². The van der Waals surface area contributed by atoms with Crippen LogP contribution in [0.1, 0.15) is 52.9 Å². The molecule has 0 aliphatic heterocycles. The molecule has 0 aromatic heterocycles. The van der Waals surface area contributed by atoms with Gasteiger partial charge in [0, 0.05) is 62.2 Å². The fourth-order valence-electron chi connectivity index (χ4n) is 1.24. The molecule has 21 heavy (non-hydrogen) atoms. The van der Waals surface area contributed by atoms with Gasteiger partial charge in [0.15, 0.2) is 0 Å². The van der Waals surface area contributed by atoms with E-state index in [1.807, 2.05) is 32.4 Å². The Balaban J connectivity index is -0.0000000468. The summed E-state index contributed by atoms with van der Waals surface area (Å²) in [7, 11) is 0. The van der Waals surface area contributed by atoms with Crippen LogP contribution in [0.5, 0.6) is 0 Å². The second-order valence-corrected chi connectivity index (χ2v) is 4.11. The Morgan fingerprint density at radius 1 is 1.19 bits per heavy atom. The van der Waals surface area contributed by atoms with Gasteiger partial charge in [-0.15, -0.1) is 26.5 Å². The second kappa shape index (κ2) is 38.2. The Kier molecular flexibility index (Phi) is 70.6. The van der Waals surface area contributed by atoms with Crippen LogP contribution in [0.4, 0.5) is 0 Å². The number of unbranched alkanes of at least 4 members (excludes halogenated alkanes) is 3. The van der Waals surface area contributed by atoms with Crippen molar-refractivity contribution in [2.45, 2.75) is 52.9 Å². The average Bonchev–Trinajstić information content (AvgIpc) is 2.35. The number of rotatable bonds is 9. The van der Waals surface area contributed by atoms with E-state index in [4.69, 9.17) is 0 Å². The molecule has 0 aromatic carbocycles.